The predicted octanol–water partition coefficient (Wildman–Crippen LogP) is 6.30. The van der Waals surface area contributed by atoms with Gasteiger partial charge in [-0.3, -0.25) is 9.78 Å². The molecular formula is C29H34N4O2. The van der Waals surface area contributed by atoms with Gasteiger partial charge in [-0.1, -0.05) is 38.1 Å². The predicted molar refractivity (Wildman–Crippen MR) is 140 cm³/mol. The summed E-state index contributed by atoms with van der Waals surface area (Å²) in [6, 6.07) is 19.8. The maximum absolute atomic E-state index is 12.7. The SMILES string of the molecule is CCC(C)c1ccc(OCCCCn2c(C(C)NC(=O)c3ccncc3)nc3ccccc32)cc1. The van der Waals surface area contributed by atoms with E-state index in [4.69, 9.17) is 9.72 Å². The minimum absolute atomic E-state index is 0.133. The largest absolute Gasteiger partial charge is 0.494 e. The van der Waals surface area contributed by atoms with Crippen molar-refractivity contribution in [3.8, 4) is 5.75 Å². The van der Waals surface area contributed by atoms with Gasteiger partial charge in [-0.05, 0) is 74.1 Å². The Kier molecular flexibility index (Phi) is 8.14. The number of nitrogens with one attached hydrogen (secondary N) is 1. The summed E-state index contributed by atoms with van der Waals surface area (Å²) in [5, 5.41) is 3.08. The summed E-state index contributed by atoms with van der Waals surface area (Å²) in [7, 11) is 0. The Balaban J connectivity index is 1.37. The number of hydrogen-bond acceptors (Lipinski definition) is 4. The minimum atomic E-state index is -0.233. The maximum atomic E-state index is 12.7. The van der Waals surface area contributed by atoms with E-state index in [1.165, 1.54) is 5.56 Å². The summed E-state index contributed by atoms with van der Waals surface area (Å²) in [5.74, 6) is 2.21. The molecule has 2 aromatic carbocycles. The molecular weight excluding hydrogens is 436 g/mol. The molecule has 0 radical (unpaired) electrons. The minimum Gasteiger partial charge on any atom is -0.494 e. The molecule has 0 aliphatic heterocycles. The molecule has 4 aromatic rings. The van der Waals surface area contributed by atoms with E-state index in [1.807, 2.05) is 25.1 Å². The van der Waals surface area contributed by atoms with Crippen molar-refractivity contribution < 1.29 is 9.53 Å². The average Bonchev–Trinajstić information content (AvgIpc) is 3.27. The van der Waals surface area contributed by atoms with Crippen LogP contribution in [0, 0.1) is 0 Å². The number of unbranched alkanes of at least 4 members (excludes halogenated alkanes) is 1. The third-order valence-electron chi connectivity index (χ3n) is 6.47. The van der Waals surface area contributed by atoms with Gasteiger partial charge >= 0.3 is 0 Å². The number of carbonyl (C=O) groups is 1. The number of ether oxygens (including phenoxy) is 1. The van der Waals surface area contributed by atoms with E-state index in [2.05, 4.69) is 59.0 Å². The Hall–Kier alpha value is -3.67. The first kappa shape index (κ1) is 24.5. The van der Waals surface area contributed by atoms with Crippen molar-refractivity contribution in [1.82, 2.24) is 19.9 Å². The van der Waals surface area contributed by atoms with Crippen LogP contribution in [0.15, 0.2) is 73.1 Å². The van der Waals surface area contributed by atoms with Crippen molar-refractivity contribution in [2.75, 3.05) is 6.61 Å². The smallest absolute Gasteiger partial charge is 0.251 e. The van der Waals surface area contributed by atoms with Gasteiger partial charge in [0.25, 0.3) is 5.91 Å². The zero-order valence-corrected chi connectivity index (χ0v) is 20.8. The van der Waals surface area contributed by atoms with Crippen molar-refractivity contribution in [3.05, 3.63) is 90.0 Å². The second kappa shape index (κ2) is 11.6. The number of fused-ring (bicyclic) bond motifs is 1. The fourth-order valence-corrected chi connectivity index (χ4v) is 4.20. The molecule has 2 atom stereocenters. The lowest BCUT2D eigenvalue weighted by Gasteiger charge is -2.16. The summed E-state index contributed by atoms with van der Waals surface area (Å²) in [6.45, 7) is 7.90. The number of aryl methyl sites for hydroxylation is 1. The zero-order chi connectivity index (χ0) is 24.6. The third kappa shape index (κ3) is 6.07. The molecule has 2 unspecified atom stereocenters. The summed E-state index contributed by atoms with van der Waals surface area (Å²) in [6.07, 6.45) is 6.26. The van der Waals surface area contributed by atoms with Crippen LogP contribution < -0.4 is 10.1 Å². The molecule has 182 valence electrons. The van der Waals surface area contributed by atoms with E-state index < -0.39 is 0 Å². The molecule has 0 aliphatic rings. The number of pyridine rings is 1. The van der Waals surface area contributed by atoms with Gasteiger partial charge in [-0.15, -0.1) is 0 Å². The highest BCUT2D eigenvalue weighted by Crippen LogP contribution is 2.23. The van der Waals surface area contributed by atoms with Gasteiger partial charge < -0.3 is 14.6 Å². The van der Waals surface area contributed by atoms with Crippen LogP contribution in [-0.2, 0) is 6.54 Å². The molecule has 1 amide bonds. The van der Waals surface area contributed by atoms with Crippen LogP contribution >= 0.6 is 0 Å². The normalized spacial score (nSPS) is 12.9. The number of aromatic nitrogens is 3. The lowest BCUT2D eigenvalue weighted by Crippen LogP contribution is -2.28. The monoisotopic (exact) mass is 470 g/mol. The molecule has 0 fully saturated rings. The number of rotatable bonds is 11. The van der Waals surface area contributed by atoms with Crippen LogP contribution in [0.5, 0.6) is 5.75 Å². The van der Waals surface area contributed by atoms with E-state index in [0.29, 0.717) is 18.1 Å². The van der Waals surface area contributed by atoms with Gasteiger partial charge in [-0.25, -0.2) is 4.98 Å². The summed E-state index contributed by atoms with van der Waals surface area (Å²) >= 11 is 0. The number of hydrogen-bond donors (Lipinski definition) is 1. The van der Waals surface area contributed by atoms with Gasteiger partial charge in [0.2, 0.25) is 0 Å². The maximum Gasteiger partial charge on any atom is 0.251 e. The Labute approximate surface area is 207 Å². The number of imidazole rings is 1. The number of amides is 1. The van der Waals surface area contributed by atoms with Crippen LogP contribution in [0.1, 0.15) is 73.7 Å². The number of para-hydroxylation sites is 2. The van der Waals surface area contributed by atoms with E-state index in [9.17, 15) is 4.79 Å². The van der Waals surface area contributed by atoms with Crippen LogP contribution in [0.2, 0.25) is 0 Å². The first-order valence-corrected chi connectivity index (χ1v) is 12.5. The fourth-order valence-electron chi connectivity index (χ4n) is 4.20. The number of nitrogens with zero attached hydrogens (tertiary/aromatic N) is 3. The van der Waals surface area contributed by atoms with Crippen molar-refractivity contribution in [2.24, 2.45) is 0 Å². The van der Waals surface area contributed by atoms with Crippen molar-refractivity contribution in [2.45, 2.75) is 58.5 Å². The van der Waals surface area contributed by atoms with Gasteiger partial charge in [-0.2, -0.15) is 0 Å². The Morgan fingerprint density at radius 2 is 1.74 bits per heavy atom. The van der Waals surface area contributed by atoms with Crippen molar-refractivity contribution >= 4 is 16.9 Å². The average molecular weight is 471 g/mol. The zero-order valence-electron chi connectivity index (χ0n) is 20.8. The second-order valence-electron chi connectivity index (χ2n) is 8.98. The highest BCUT2D eigenvalue weighted by Gasteiger charge is 2.19. The molecule has 1 N–H and O–H groups in total. The lowest BCUT2D eigenvalue weighted by molar-refractivity contribution is 0.0937. The van der Waals surface area contributed by atoms with Crippen LogP contribution in [-0.4, -0.2) is 27.0 Å². The fraction of sp³-hybridized carbons (Fsp3) is 0.345. The second-order valence-corrected chi connectivity index (χ2v) is 8.98. The molecule has 0 spiro atoms. The molecule has 0 saturated carbocycles. The molecule has 4 rings (SSSR count). The molecule has 0 aliphatic carbocycles. The standard InChI is InChI=1S/C29H34N4O2/c1-4-21(2)23-11-13-25(14-12-23)35-20-8-7-19-33-27-10-6-5-9-26(27)32-28(33)22(3)31-29(34)24-15-17-30-18-16-24/h5-6,9-18,21-22H,4,7-8,19-20H2,1-3H3,(H,31,34). The molecule has 6 nitrogen and oxygen atoms in total. The highest BCUT2D eigenvalue weighted by molar-refractivity contribution is 5.94. The third-order valence-corrected chi connectivity index (χ3v) is 6.47. The van der Waals surface area contributed by atoms with Crippen LogP contribution in [0.4, 0.5) is 0 Å². The van der Waals surface area contributed by atoms with E-state index >= 15 is 0 Å². The van der Waals surface area contributed by atoms with Crippen molar-refractivity contribution in [1.29, 1.82) is 0 Å². The van der Waals surface area contributed by atoms with Crippen molar-refractivity contribution in [3.63, 3.8) is 0 Å². The highest BCUT2D eigenvalue weighted by atomic mass is 16.5. The van der Waals surface area contributed by atoms with Gasteiger partial charge in [0.05, 0.1) is 23.7 Å². The Morgan fingerprint density at radius 3 is 2.49 bits per heavy atom. The van der Waals surface area contributed by atoms with Crippen LogP contribution in [0.25, 0.3) is 11.0 Å². The lowest BCUT2D eigenvalue weighted by atomic mass is 9.99. The number of benzene rings is 2. The van der Waals surface area contributed by atoms with Gasteiger partial charge in [0.1, 0.15) is 11.6 Å². The summed E-state index contributed by atoms with van der Waals surface area (Å²) < 4.78 is 8.19. The van der Waals surface area contributed by atoms with E-state index in [0.717, 1.165) is 48.4 Å². The van der Waals surface area contributed by atoms with E-state index in [1.54, 1.807) is 24.5 Å². The Morgan fingerprint density at radius 1 is 1.00 bits per heavy atom. The van der Waals surface area contributed by atoms with E-state index in [-0.39, 0.29) is 11.9 Å². The first-order valence-electron chi connectivity index (χ1n) is 12.5. The van der Waals surface area contributed by atoms with Gasteiger partial charge in [0.15, 0.2) is 0 Å². The molecule has 2 aromatic heterocycles. The van der Waals surface area contributed by atoms with Crippen LogP contribution in [0.3, 0.4) is 0 Å². The topological polar surface area (TPSA) is 69.0 Å². The molecule has 0 saturated heterocycles. The molecule has 6 heteroatoms. The summed E-state index contributed by atoms with van der Waals surface area (Å²) in [4.78, 5) is 21.5. The quantitative estimate of drug-likeness (QED) is 0.261. The molecule has 2 heterocycles. The Bertz CT molecular complexity index is 1230. The number of carbonyl (C=O) groups excluding carboxylic acids is 1. The summed E-state index contributed by atoms with van der Waals surface area (Å²) in [5.41, 5.74) is 3.95. The van der Waals surface area contributed by atoms with Gasteiger partial charge in [0, 0.05) is 24.5 Å². The molecule has 35 heavy (non-hydrogen) atoms. The first-order chi connectivity index (χ1) is 17.1. The molecule has 0 bridgehead atoms.